The summed E-state index contributed by atoms with van der Waals surface area (Å²) in [6.45, 7) is 4.48. The zero-order valence-electron chi connectivity index (χ0n) is 32.5. The van der Waals surface area contributed by atoms with Crippen LogP contribution < -0.4 is 4.74 Å². The summed E-state index contributed by atoms with van der Waals surface area (Å²) in [5.41, 5.74) is 10.7. The van der Waals surface area contributed by atoms with E-state index in [-0.39, 0.29) is 0 Å². The van der Waals surface area contributed by atoms with Crippen LogP contribution >= 0.6 is 0 Å². The van der Waals surface area contributed by atoms with Crippen LogP contribution in [0.1, 0.15) is 5.56 Å². The molecule has 0 unspecified atom stereocenters. The zero-order chi connectivity index (χ0) is 40.0. The van der Waals surface area contributed by atoms with Gasteiger partial charge in [0.2, 0.25) is 5.95 Å². The molecule has 0 atom stereocenters. The second kappa shape index (κ2) is 14.7. The number of ether oxygens (including phenoxy) is 1. The standard InChI is InChI=1S/C53H36N6O/c1-54-49-47(60-34-35-16-5-2-6-17-35)33-32-45-48(49)42-24-15-27-46(58-43-25-13-11-22-40(43)41-23-12-14-26-44(41)58)50(42)59(45)53-56-51(38-20-9-4-10-21-38)55-52(57-53)39-30-28-37(29-31-39)36-18-7-3-8-19-36/h2-33H,1,34H2. The second-order valence-electron chi connectivity index (χ2n) is 14.7. The molecule has 8 aromatic carbocycles. The van der Waals surface area contributed by atoms with Crippen molar-refractivity contribution >= 4 is 56.0 Å². The molecule has 3 heterocycles. The molecule has 11 rings (SSSR count). The first kappa shape index (κ1) is 35.0. The average molecular weight is 773 g/mol. The lowest BCUT2D eigenvalue weighted by Gasteiger charge is -2.15. The predicted molar refractivity (Wildman–Crippen MR) is 245 cm³/mol. The summed E-state index contributed by atoms with van der Waals surface area (Å²) in [5.74, 6) is 2.25. The van der Waals surface area contributed by atoms with Crippen molar-refractivity contribution < 1.29 is 4.74 Å². The first-order chi connectivity index (χ1) is 29.7. The predicted octanol–water partition coefficient (Wildman–Crippen LogP) is 13.0. The third-order valence-corrected chi connectivity index (χ3v) is 11.2. The number of rotatable bonds is 9. The minimum Gasteiger partial charge on any atom is -0.487 e. The number of hydrogen-bond acceptors (Lipinski definition) is 5. The van der Waals surface area contributed by atoms with Crippen molar-refractivity contribution in [3.05, 3.63) is 200 Å². The average Bonchev–Trinajstić information content (AvgIpc) is 3.85. The number of nitrogens with zero attached hydrogens (tertiary/aromatic N) is 6. The van der Waals surface area contributed by atoms with E-state index in [9.17, 15) is 0 Å². The maximum absolute atomic E-state index is 6.51. The van der Waals surface area contributed by atoms with Crippen molar-refractivity contribution in [3.63, 3.8) is 0 Å². The molecular weight excluding hydrogens is 737 g/mol. The van der Waals surface area contributed by atoms with Crippen LogP contribution in [0.2, 0.25) is 0 Å². The number of hydrogen-bond donors (Lipinski definition) is 0. The summed E-state index contributed by atoms with van der Waals surface area (Å²) in [5, 5.41) is 4.20. The van der Waals surface area contributed by atoms with Crippen LogP contribution in [0.3, 0.4) is 0 Å². The van der Waals surface area contributed by atoms with Gasteiger partial charge in [-0.05, 0) is 53.7 Å². The number of para-hydroxylation sites is 3. The lowest BCUT2D eigenvalue weighted by Crippen LogP contribution is -2.08. The van der Waals surface area contributed by atoms with Crippen LogP contribution in [0.5, 0.6) is 5.75 Å². The minimum atomic E-state index is 0.389. The van der Waals surface area contributed by atoms with Crippen LogP contribution in [0.15, 0.2) is 199 Å². The van der Waals surface area contributed by atoms with E-state index >= 15 is 0 Å². The van der Waals surface area contributed by atoms with Gasteiger partial charge in [0.25, 0.3) is 0 Å². The van der Waals surface area contributed by atoms with Gasteiger partial charge >= 0.3 is 0 Å². The quantitative estimate of drug-likeness (QED) is 0.137. The van der Waals surface area contributed by atoms with Crippen molar-refractivity contribution in [2.75, 3.05) is 0 Å². The third-order valence-electron chi connectivity index (χ3n) is 11.2. The van der Waals surface area contributed by atoms with E-state index in [2.05, 4.69) is 154 Å². The highest BCUT2D eigenvalue weighted by molar-refractivity contribution is 6.19. The Kier molecular flexibility index (Phi) is 8.56. The van der Waals surface area contributed by atoms with Gasteiger partial charge in [-0.15, -0.1) is 0 Å². The summed E-state index contributed by atoms with van der Waals surface area (Å²) in [6.07, 6.45) is 0. The number of fused-ring (bicyclic) bond motifs is 6. The van der Waals surface area contributed by atoms with Gasteiger partial charge in [0.1, 0.15) is 18.0 Å². The van der Waals surface area contributed by atoms with Gasteiger partial charge in [-0.2, -0.15) is 9.97 Å². The zero-order valence-corrected chi connectivity index (χ0v) is 32.5. The van der Waals surface area contributed by atoms with Crippen LogP contribution in [0, 0.1) is 0 Å². The van der Waals surface area contributed by atoms with E-state index in [1.807, 2.05) is 60.7 Å². The van der Waals surface area contributed by atoms with Crippen LogP contribution in [0.25, 0.3) is 89.2 Å². The summed E-state index contributed by atoms with van der Waals surface area (Å²) in [6, 6.07) is 66.6. The molecule has 7 nitrogen and oxygen atoms in total. The van der Waals surface area contributed by atoms with Crippen molar-refractivity contribution in [3.8, 4) is 51.3 Å². The van der Waals surface area contributed by atoms with Gasteiger partial charge in [0, 0.05) is 32.7 Å². The van der Waals surface area contributed by atoms with Gasteiger partial charge < -0.3 is 9.30 Å². The molecule has 0 aliphatic heterocycles. The summed E-state index contributed by atoms with van der Waals surface area (Å²) >= 11 is 0. The fraction of sp³-hybridized carbons (Fsp3) is 0.0189. The van der Waals surface area contributed by atoms with E-state index in [1.165, 1.54) is 10.8 Å². The van der Waals surface area contributed by atoms with Crippen LogP contribution in [-0.4, -0.2) is 30.8 Å². The minimum absolute atomic E-state index is 0.389. The highest BCUT2D eigenvalue weighted by atomic mass is 16.5. The highest BCUT2D eigenvalue weighted by Gasteiger charge is 2.25. The highest BCUT2D eigenvalue weighted by Crippen LogP contribution is 2.45. The van der Waals surface area contributed by atoms with E-state index in [1.54, 1.807) is 0 Å². The molecule has 0 saturated carbocycles. The van der Waals surface area contributed by atoms with E-state index < -0.39 is 0 Å². The first-order valence-electron chi connectivity index (χ1n) is 19.9. The van der Waals surface area contributed by atoms with Crippen LogP contribution in [-0.2, 0) is 6.61 Å². The number of aliphatic imine (C=N–C) groups is 1. The lowest BCUT2D eigenvalue weighted by molar-refractivity contribution is 0.308. The Morgan fingerprint density at radius 1 is 0.450 bits per heavy atom. The van der Waals surface area contributed by atoms with Crippen molar-refractivity contribution in [2.45, 2.75) is 6.61 Å². The number of aromatic nitrogens is 5. The fourth-order valence-electron chi connectivity index (χ4n) is 8.43. The van der Waals surface area contributed by atoms with Crippen LogP contribution in [0.4, 0.5) is 5.69 Å². The Bertz CT molecular complexity index is 3320. The van der Waals surface area contributed by atoms with Crippen molar-refractivity contribution in [1.82, 2.24) is 24.1 Å². The van der Waals surface area contributed by atoms with Gasteiger partial charge in [-0.3, -0.25) is 9.56 Å². The molecule has 0 amide bonds. The topological polar surface area (TPSA) is 70.1 Å². The summed E-state index contributed by atoms with van der Waals surface area (Å²) < 4.78 is 11.0. The molecule has 0 radical (unpaired) electrons. The maximum atomic E-state index is 6.51. The smallest absolute Gasteiger partial charge is 0.238 e. The maximum Gasteiger partial charge on any atom is 0.238 e. The van der Waals surface area contributed by atoms with Gasteiger partial charge in [-0.25, -0.2) is 4.98 Å². The molecule has 0 aliphatic carbocycles. The molecule has 11 aromatic rings. The Labute approximate surface area is 346 Å². The molecule has 0 saturated heterocycles. The Balaban J connectivity index is 1.21. The molecule has 0 spiro atoms. The van der Waals surface area contributed by atoms with Gasteiger partial charge in [-0.1, -0.05) is 164 Å². The Hall–Kier alpha value is -8.16. The molecular formula is C53H36N6O. The van der Waals surface area contributed by atoms with Crippen molar-refractivity contribution in [1.29, 1.82) is 0 Å². The van der Waals surface area contributed by atoms with E-state index in [0.29, 0.717) is 35.6 Å². The Morgan fingerprint density at radius 2 is 0.983 bits per heavy atom. The monoisotopic (exact) mass is 772 g/mol. The van der Waals surface area contributed by atoms with Crippen molar-refractivity contribution in [2.24, 2.45) is 4.99 Å². The number of benzene rings is 8. The first-order valence-corrected chi connectivity index (χ1v) is 19.9. The molecule has 0 bridgehead atoms. The molecule has 7 heteroatoms. The largest absolute Gasteiger partial charge is 0.487 e. The molecule has 0 aliphatic rings. The van der Waals surface area contributed by atoms with E-state index in [4.69, 9.17) is 19.7 Å². The molecule has 284 valence electrons. The SMILES string of the molecule is C=Nc1c(OCc2ccccc2)ccc2c1c1cccc(-n3c4ccccc4c4ccccc43)c1n2-c1nc(-c2ccccc2)nc(-c2ccc(-c3ccccc3)cc2)n1. The summed E-state index contributed by atoms with van der Waals surface area (Å²) in [4.78, 5) is 20.4. The second-order valence-corrected chi connectivity index (χ2v) is 14.7. The molecule has 3 aromatic heterocycles. The van der Waals surface area contributed by atoms with Gasteiger partial charge in [0.15, 0.2) is 11.6 Å². The van der Waals surface area contributed by atoms with E-state index in [0.717, 1.165) is 66.3 Å². The lowest BCUT2D eigenvalue weighted by atomic mass is 10.0. The Morgan fingerprint density at radius 3 is 1.63 bits per heavy atom. The van der Waals surface area contributed by atoms with Gasteiger partial charge in [0.05, 0.1) is 27.8 Å². The fourth-order valence-corrected chi connectivity index (χ4v) is 8.43. The normalized spacial score (nSPS) is 11.5. The molecule has 0 N–H and O–H groups in total. The third kappa shape index (κ3) is 5.91. The summed E-state index contributed by atoms with van der Waals surface area (Å²) in [7, 11) is 0. The molecule has 0 fully saturated rings. The molecule has 60 heavy (non-hydrogen) atoms.